The molecular formula is C10H17N3OS. The molecule has 0 aliphatic carbocycles. The highest BCUT2D eigenvalue weighted by atomic mass is 32.1. The predicted octanol–water partition coefficient (Wildman–Crippen LogP) is 1.44. The van der Waals surface area contributed by atoms with Gasteiger partial charge < -0.3 is 10.0 Å². The van der Waals surface area contributed by atoms with Gasteiger partial charge in [0.2, 0.25) is 5.13 Å². The summed E-state index contributed by atoms with van der Waals surface area (Å²) in [5.74, 6) is 0.378. The van der Waals surface area contributed by atoms with Crippen molar-refractivity contribution in [2.45, 2.75) is 32.8 Å². The smallest absolute Gasteiger partial charge is 0.208 e. The van der Waals surface area contributed by atoms with E-state index in [-0.39, 0.29) is 6.10 Å². The number of hydrogen-bond donors (Lipinski definition) is 1. The molecule has 2 heterocycles. The van der Waals surface area contributed by atoms with Crippen LogP contribution >= 0.6 is 11.3 Å². The van der Waals surface area contributed by atoms with Gasteiger partial charge in [-0.1, -0.05) is 11.3 Å². The largest absolute Gasteiger partial charge is 0.393 e. The summed E-state index contributed by atoms with van der Waals surface area (Å²) in [6, 6.07) is 0. The molecule has 0 saturated carbocycles. The summed E-state index contributed by atoms with van der Waals surface area (Å²) in [4.78, 5) is 2.24. The molecule has 0 aromatic carbocycles. The topological polar surface area (TPSA) is 49.2 Å². The molecule has 0 amide bonds. The highest BCUT2D eigenvalue weighted by Crippen LogP contribution is 2.26. The lowest BCUT2D eigenvalue weighted by molar-refractivity contribution is 0.115. The van der Waals surface area contributed by atoms with Crippen molar-refractivity contribution in [3.8, 4) is 0 Å². The molecule has 2 atom stereocenters. The lowest BCUT2D eigenvalue weighted by atomic mass is 9.94. The van der Waals surface area contributed by atoms with Crippen LogP contribution in [0, 0.1) is 12.8 Å². The van der Waals surface area contributed by atoms with Gasteiger partial charge in [0.1, 0.15) is 5.01 Å². The summed E-state index contributed by atoms with van der Waals surface area (Å²) in [6.45, 7) is 5.79. The Balaban J connectivity index is 2.04. The van der Waals surface area contributed by atoms with Crippen LogP contribution in [0.4, 0.5) is 5.13 Å². The Morgan fingerprint density at radius 3 is 2.93 bits per heavy atom. The number of rotatable bonds is 2. The Morgan fingerprint density at radius 1 is 1.53 bits per heavy atom. The summed E-state index contributed by atoms with van der Waals surface area (Å²) in [6.07, 6.45) is 2.03. The van der Waals surface area contributed by atoms with Crippen LogP contribution in [0.25, 0.3) is 0 Å². The fourth-order valence-electron chi connectivity index (χ4n) is 1.99. The van der Waals surface area contributed by atoms with Gasteiger partial charge >= 0.3 is 0 Å². The van der Waals surface area contributed by atoms with Crippen molar-refractivity contribution in [2.24, 2.45) is 5.92 Å². The molecule has 4 nitrogen and oxygen atoms in total. The first-order valence-corrected chi connectivity index (χ1v) is 6.21. The van der Waals surface area contributed by atoms with Crippen LogP contribution in [-0.4, -0.2) is 34.5 Å². The molecule has 2 unspecified atom stereocenters. The van der Waals surface area contributed by atoms with E-state index in [1.165, 1.54) is 0 Å². The van der Waals surface area contributed by atoms with Gasteiger partial charge in [-0.3, -0.25) is 0 Å². The van der Waals surface area contributed by atoms with E-state index in [1.54, 1.807) is 11.3 Å². The zero-order chi connectivity index (χ0) is 10.8. The van der Waals surface area contributed by atoms with Gasteiger partial charge in [-0.2, -0.15) is 0 Å². The third kappa shape index (κ3) is 2.46. The normalized spacial score (nSPS) is 24.2. The van der Waals surface area contributed by atoms with Crippen molar-refractivity contribution >= 4 is 16.5 Å². The van der Waals surface area contributed by atoms with Crippen molar-refractivity contribution < 1.29 is 5.11 Å². The second kappa shape index (κ2) is 4.45. The molecule has 2 rings (SSSR count). The molecule has 0 radical (unpaired) electrons. The van der Waals surface area contributed by atoms with E-state index in [1.807, 2.05) is 13.8 Å². The lowest BCUT2D eigenvalue weighted by Gasteiger charge is -2.33. The number of aryl methyl sites for hydroxylation is 1. The SMILES string of the molecule is Cc1nnc(N2CCCC(C(C)O)C2)s1. The van der Waals surface area contributed by atoms with Crippen LogP contribution in [0.5, 0.6) is 0 Å². The first-order valence-electron chi connectivity index (χ1n) is 5.40. The minimum Gasteiger partial charge on any atom is -0.393 e. The van der Waals surface area contributed by atoms with E-state index >= 15 is 0 Å². The van der Waals surface area contributed by atoms with Gasteiger partial charge in [-0.15, -0.1) is 10.2 Å². The highest BCUT2D eigenvalue weighted by Gasteiger charge is 2.25. The van der Waals surface area contributed by atoms with E-state index in [9.17, 15) is 5.11 Å². The number of nitrogens with zero attached hydrogens (tertiary/aromatic N) is 3. The first kappa shape index (κ1) is 10.8. The van der Waals surface area contributed by atoms with Crippen LogP contribution in [0.3, 0.4) is 0 Å². The van der Waals surface area contributed by atoms with Crippen molar-refractivity contribution in [1.82, 2.24) is 10.2 Å². The fraction of sp³-hybridized carbons (Fsp3) is 0.800. The third-order valence-electron chi connectivity index (χ3n) is 2.93. The molecule has 1 fully saturated rings. The highest BCUT2D eigenvalue weighted by molar-refractivity contribution is 7.15. The minimum atomic E-state index is -0.221. The molecule has 84 valence electrons. The molecule has 0 spiro atoms. The van der Waals surface area contributed by atoms with Crippen molar-refractivity contribution in [1.29, 1.82) is 0 Å². The Kier molecular flexibility index (Phi) is 3.21. The van der Waals surface area contributed by atoms with Gasteiger partial charge in [0.15, 0.2) is 0 Å². The molecule has 5 heteroatoms. The van der Waals surface area contributed by atoms with Gasteiger partial charge in [-0.05, 0) is 26.7 Å². The number of aromatic nitrogens is 2. The standard InChI is InChI=1S/C10H17N3OS/c1-7(14)9-4-3-5-13(6-9)10-12-11-8(2)15-10/h7,9,14H,3-6H2,1-2H3. The van der Waals surface area contributed by atoms with Crippen LogP contribution in [0.2, 0.25) is 0 Å². The maximum atomic E-state index is 9.59. The predicted molar refractivity (Wildman–Crippen MR) is 61.3 cm³/mol. The molecule has 1 N–H and O–H groups in total. The molecule has 0 bridgehead atoms. The van der Waals surface area contributed by atoms with Gasteiger partial charge in [0.05, 0.1) is 6.10 Å². The molecule has 1 aliphatic rings. The Labute approximate surface area is 93.9 Å². The third-order valence-corrected chi connectivity index (χ3v) is 3.83. The van der Waals surface area contributed by atoms with Gasteiger partial charge in [-0.25, -0.2) is 0 Å². The van der Waals surface area contributed by atoms with Crippen molar-refractivity contribution in [3.63, 3.8) is 0 Å². The number of hydrogen-bond acceptors (Lipinski definition) is 5. The summed E-state index contributed by atoms with van der Waals surface area (Å²) in [5, 5.41) is 19.8. The second-order valence-electron chi connectivity index (χ2n) is 4.19. The molecule has 1 aromatic rings. The quantitative estimate of drug-likeness (QED) is 0.830. The zero-order valence-electron chi connectivity index (χ0n) is 9.18. The Bertz CT molecular complexity index is 326. The van der Waals surface area contributed by atoms with Crippen LogP contribution in [-0.2, 0) is 0 Å². The fourth-order valence-corrected chi connectivity index (χ4v) is 2.71. The Hall–Kier alpha value is -0.680. The van der Waals surface area contributed by atoms with E-state index < -0.39 is 0 Å². The first-order chi connectivity index (χ1) is 7.16. The molecular weight excluding hydrogens is 210 g/mol. The summed E-state index contributed by atoms with van der Waals surface area (Å²) in [5.41, 5.74) is 0. The number of anilines is 1. The summed E-state index contributed by atoms with van der Waals surface area (Å²) in [7, 11) is 0. The number of piperidine rings is 1. The molecule has 15 heavy (non-hydrogen) atoms. The van der Waals surface area contributed by atoms with Crippen LogP contribution in [0.15, 0.2) is 0 Å². The van der Waals surface area contributed by atoms with Gasteiger partial charge in [0, 0.05) is 19.0 Å². The zero-order valence-corrected chi connectivity index (χ0v) is 10.00. The van der Waals surface area contributed by atoms with E-state index in [0.29, 0.717) is 5.92 Å². The van der Waals surface area contributed by atoms with E-state index in [4.69, 9.17) is 0 Å². The molecule has 1 aromatic heterocycles. The maximum absolute atomic E-state index is 9.59. The lowest BCUT2D eigenvalue weighted by Crippen LogP contribution is -2.39. The average Bonchev–Trinajstić information content (AvgIpc) is 2.65. The monoisotopic (exact) mass is 227 g/mol. The van der Waals surface area contributed by atoms with Gasteiger partial charge in [0.25, 0.3) is 0 Å². The van der Waals surface area contributed by atoms with E-state index in [0.717, 1.165) is 36.1 Å². The molecule has 1 saturated heterocycles. The number of aliphatic hydroxyl groups excluding tert-OH is 1. The number of aliphatic hydroxyl groups is 1. The van der Waals surface area contributed by atoms with Crippen LogP contribution in [0.1, 0.15) is 24.8 Å². The van der Waals surface area contributed by atoms with Crippen molar-refractivity contribution in [3.05, 3.63) is 5.01 Å². The average molecular weight is 227 g/mol. The van der Waals surface area contributed by atoms with Crippen LogP contribution < -0.4 is 4.90 Å². The minimum absolute atomic E-state index is 0.221. The molecule has 1 aliphatic heterocycles. The summed E-state index contributed by atoms with van der Waals surface area (Å²) < 4.78 is 0. The van der Waals surface area contributed by atoms with Crippen molar-refractivity contribution in [2.75, 3.05) is 18.0 Å². The summed E-state index contributed by atoms with van der Waals surface area (Å²) >= 11 is 1.63. The Morgan fingerprint density at radius 2 is 2.33 bits per heavy atom. The van der Waals surface area contributed by atoms with E-state index in [2.05, 4.69) is 15.1 Å². The maximum Gasteiger partial charge on any atom is 0.208 e. The second-order valence-corrected chi connectivity index (χ2v) is 5.35.